The first-order chi connectivity index (χ1) is 13.9. The zero-order valence-corrected chi connectivity index (χ0v) is 15.9. The van der Waals surface area contributed by atoms with Crippen molar-refractivity contribution in [3.63, 3.8) is 0 Å². The molecule has 0 amide bonds. The molecule has 0 bridgehead atoms. The number of benzene rings is 1. The second-order valence-electron chi connectivity index (χ2n) is 6.92. The lowest BCUT2D eigenvalue weighted by molar-refractivity contribution is -0.150. The molecule has 0 aliphatic carbocycles. The van der Waals surface area contributed by atoms with Crippen molar-refractivity contribution < 1.29 is 22.6 Å². The second-order valence-corrected chi connectivity index (χ2v) is 6.92. The van der Waals surface area contributed by atoms with Gasteiger partial charge in [0.1, 0.15) is 17.6 Å². The molecule has 0 spiro atoms. The quantitative estimate of drug-likeness (QED) is 0.775. The van der Waals surface area contributed by atoms with Crippen molar-refractivity contribution in [2.45, 2.75) is 25.2 Å². The number of rotatable bonds is 3. The molecule has 10 heteroatoms. The molecule has 0 N–H and O–H groups in total. The molecule has 1 fully saturated rings. The third kappa shape index (κ3) is 3.76. The number of morpholine rings is 1. The van der Waals surface area contributed by atoms with E-state index in [4.69, 9.17) is 9.47 Å². The van der Waals surface area contributed by atoms with Crippen molar-refractivity contribution in [3.8, 4) is 5.75 Å². The Morgan fingerprint density at radius 2 is 1.83 bits per heavy atom. The summed E-state index contributed by atoms with van der Waals surface area (Å²) in [6.45, 7) is 1.98. The van der Waals surface area contributed by atoms with Gasteiger partial charge in [0.15, 0.2) is 0 Å². The first-order valence-corrected chi connectivity index (χ1v) is 9.33. The van der Waals surface area contributed by atoms with Gasteiger partial charge in [-0.05, 0) is 30.7 Å². The van der Waals surface area contributed by atoms with E-state index in [-0.39, 0.29) is 24.5 Å². The van der Waals surface area contributed by atoms with Crippen molar-refractivity contribution in [3.05, 3.63) is 40.7 Å². The number of hydrogen-bond acceptors (Lipinski definition) is 6. The monoisotopic (exact) mass is 410 g/mol. The van der Waals surface area contributed by atoms with Crippen LogP contribution in [0.2, 0.25) is 0 Å². The van der Waals surface area contributed by atoms with E-state index < -0.39 is 12.2 Å². The number of methoxy groups -OCH3 is 1. The fraction of sp³-hybridized carbons (Fsp3) is 0.474. The average molecular weight is 410 g/mol. The first kappa shape index (κ1) is 19.6. The lowest BCUT2D eigenvalue weighted by Crippen LogP contribution is -2.50. The van der Waals surface area contributed by atoms with E-state index in [2.05, 4.69) is 4.98 Å². The van der Waals surface area contributed by atoms with Crippen molar-refractivity contribution >= 4 is 17.5 Å². The summed E-state index contributed by atoms with van der Waals surface area (Å²) in [5, 5.41) is 0. The third-order valence-electron chi connectivity index (χ3n) is 5.19. The van der Waals surface area contributed by atoms with Gasteiger partial charge < -0.3 is 14.4 Å². The zero-order valence-electron chi connectivity index (χ0n) is 15.9. The van der Waals surface area contributed by atoms with Crippen LogP contribution in [0.5, 0.6) is 5.75 Å². The van der Waals surface area contributed by atoms with Crippen LogP contribution in [0, 0.1) is 0 Å². The average Bonchev–Trinajstić information content (AvgIpc) is 2.73. The highest BCUT2D eigenvalue weighted by molar-refractivity contribution is 5.62. The molecular formula is C19H21F3N4O3. The summed E-state index contributed by atoms with van der Waals surface area (Å²) in [6.07, 6.45) is -4.71. The molecule has 3 heterocycles. The van der Waals surface area contributed by atoms with Gasteiger partial charge in [-0.15, -0.1) is 0 Å². The number of halogens is 3. The van der Waals surface area contributed by atoms with Crippen LogP contribution in [0.1, 0.15) is 6.42 Å². The largest absolute Gasteiger partial charge is 0.497 e. The maximum Gasteiger partial charge on any atom is 0.409 e. The van der Waals surface area contributed by atoms with Crippen LogP contribution in [-0.4, -0.2) is 55.2 Å². The van der Waals surface area contributed by atoms with Crippen LogP contribution < -0.4 is 20.1 Å². The lowest BCUT2D eigenvalue weighted by Gasteiger charge is -2.39. The number of nitrogens with zero attached hydrogens (tertiary/aromatic N) is 4. The van der Waals surface area contributed by atoms with E-state index in [1.807, 2.05) is 4.90 Å². The molecule has 4 rings (SSSR count). The number of aromatic nitrogens is 2. The molecule has 2 aliphatic rings. The summed E-state index contributed by atoms with van der Waals surface area (Å²) < 4.78 is 53.3. The SMILES string of the molecule is COc1ccc(N2c3nc(N4CCOCC4)cc(=O)n3CC[C@H]2C(F)(F)F)cc1. The third-order valence-corrected chi connectivity index (χ3v) is 5.19. The van der Waals surface area contributed by atoms with E-state index in [1.165, 1.54) is 17.7 Å². The maximum absolute atomic E-state index is 13.9. The van der Waals surface area contributed by atoms with Crippen LogP contribution in [0.25, 0.3) is 0 Å². The summed E-state index contributed by atoms with van der Waals surface area (Å²) in [4.78, 5) is 20.1. The van der Waals surface area contributed by atoms with Crippen molar-refractivity contribution in [1.29, 1.82) is 0 Å². The van der Waals surface area contributed by atoms with Crippen molar-refractivity contribution in [2.24, 2.45) is 0 Å². The Labute approximate surface area is 165 Å². The van der Waals surface area contributed by atoms with E-state index in [0.717, 1.165) is 4.90 Å². The van der Waals surface area contributed by atoms with Crippen LogP contribution in [0.3, 0.4) is 0 Å². The molecule has 156 valence electrons. The fourth-order valence-corrected chi connectivity index (χ4v) is 3.70. The standard InChI is InChI=1S/C19H21F3N4O3/c1-28-14-4-2-13(3-5-14)26-15(19(20,21)22)6-7-25-17(27)12-16(23-18(25)26)24-8-10-29-11-9-24/h2-5,12,15H,6-11H2,1H3/t15-/m0/s1. The predicted molar refractivity (Wildman–Crippen MR) is 101 cm³/mol. The molecule has 0 saturated carbocycles. The van der Waals surface area contributed by atoms with Gasteiger partial charge in [0.25, 0.3) is 5.56 Å². The zero-order chi connectivity index (χ0) is 20.6. The Bertz CT molecular complexity index is 924. The Kier molecular flexibility index (Phi) is 5.12. The maximum atomic E-state index is 13.9. The van der Waals surface area contributed by atoms with E-state index in [0.29, 0.717) is 43.6 Å². The second kappa shape index (κ2) is 7.58. The minimum atomic E-state index is -4.47. The predicted octanol–water partition coefficient (Wildman–Crippen LogP) is 2.56. The van der Waals surface area contributed by atoms with Crippen LogP contribution >= 0.6 is 0 Å². The lowest BCUT2D eigenvalue weighted by atomic mass is 10.1. The molecule has 0 radical (unpaired) electrons. The normalized spacial score (nSPS) is 19.8. The van der Waals surface area contributed by atoms with E-state index in [1.54, 1.807) is 24.3 Å². The minimum Gasteiger partial charge on any atom is -0.497 e. The van der Waals surface area contributed by atoms with E-state index >= 15 is 0 Å². The van der Waals surface area contributed by atoms with E-state index in [9.17, 15) is 18.0 Å². The molecule has 29 heavy (non-hydrogen) atoms. The fourth-order valence-electron chi connectivity index (χ4n) is 3.70. The summed E-state index contributed by atoms with van der Waals surface area (Å²) in [7, 11) is 1.49. The van der Waals surface area contributed by atoms with Gasteiger partial charge in [-0.3, -0.25) is 14.3 Å². The number of fused-ring (bicyclic) bond motifs is 1. The first-order valence-electron chi connectivity index (χ1n) is 9.33. The van der Waals surface area contributed by atoms with Crippen LogP contribution in [0.4, 0.5) is 30.6 Å². The molecule has 2 aromatic rings. The highest BCUT2D eigenvalue weighted by Gasteiger charge is 2.47. The molecule has 1 aromatic heterocycles. The van der Waals surface area contributed by atoms with Crippen molar-refractivity contribution in [1.82, 2.24) is 9.55 Å². The Morgan fingerprint density at radius 3 is 2.45 bits per heavy atom. The summed E-state index contributed by atoms with van der Waals surface area (Å²) in [5.74, 6) is 0.894. The van der Waals surface area contributed by atoms with Crippen LogP contribution in [0.15, 0.2) is 35.1 Å². The highest BCUT2D eigenvalue weighted by atomic mass is 19.4. The van der Waals surface area contributed by atoms with Gasteiger partial charge in [0.05, 0.1) is 20.3 Å². The Balaban J connectivity index is 1.83. The molecule has 0 unspecified atom stereocenters. The number of anilines is 3. The molecule has 1 saturated heterocycles. The summed E-state index contributed by atoms with van der Waals surface area (Å²) in [6, 6.07) is 5.87. The molecule has 1 aromatic carbocycles. The van der Waals surface area contributed by atoms with Gasteiger partial charge in [-0.2, -0.15) is 18.2 Å². The number of hydrogen-bond donors (Lipinski definition) is 0. The van der Waals surface area contributed by atoms with Crippen molar-refractivity contribution in [2.75, 3.05) is 43.2 Å². The van der Waals surface area contributed by atoms with Crippen LogP contribution in [-0.2, 0) is 11.3 Å². The topological polar surface area (TPSA) is 59.8 Å². The molecule has 7 nitrogen and oxygen atoms in total. The number of ether oxygens (including phenoxy) is 2. The smallest absolute Gasteiger partial charge is 0.409 e. The summed E-state index contributed by atoms with van der Waals surface area (Å²) in [5.41, 5.74) is -0.0665. The van der Waals surface area contributed by atoms with Gasteiger partial charge >= 0.3 is 6.18 Å². The van der Waals surface area contributed by atoms with Gasteiger partial charge in [-0.25, -0.2) is 0 Å². The van der Waals surface area contributed by atoms with Gasteiger partial charge in [0, 0.05) is 31.4 Å². The highest BCUT2D eigenvalue weighted by Crippen LogP contribution is 2.39. The minimum absolute atomic E-state index is 0.00210. The number of alkyl halides is 3. The Morgan fingerprint density at radius 1 is 1.14 bits per heavy atom. The molecular weight excluding hydrogens is 389 g/mol. The Hall–Kier alpha value is -2.75. The van der Waals surface area contributed by atoms with Gasteiger partial charge in [-0.1, -0.05) is 0 Å². The summed E-state index contributed by atoms with van der Waals surface area (Å²) >= 11 is 0. The van der Waals surface area contributed by atoms with Gasteiger partial charge in [0.2, 0.25) is 5.95 Å². The molecule has 1 atom stereocenters. The molecule has 2 aliphatic heterocycles.